The van der Waals surface area contributed by atoms with Crippen LogP contribution in [0.4, 0.5) is 0 Å². The van der Waals surface area contributed by atoms with Crippen LogP contribution in [0.2, 0.25) is 0 Å². The van der Waals surface area contributed by atoms with Gasteiger partial charge in [0.1, 0.15) is 0 Å². The Bertz CT molecular complexity index is 1390. The maximum absolute atomic E-state index is 6.38. The molecule has 0 fully saturated rings. The number of benzene rings is 4. The number of ether oxygens (including phenoxy) is 4. The SMILES string of the molecule is CCC(C)OCC(C)(CC)OCCCc1ccc2ccc3c(CCCOCCOC(C)(C)CC)ccc4ccc1c2c43. The van der Waals surface area contributed by atoms with Crippen molar-refractivity contribution < 1.29 is 18.9 Å². The molecule has 0 amide bonds. The van der Waals surface area contributed by atoms with Crippen LogP contribution in [-0.2, 0) is 31.8 Å². The average molecular weight is 575 g/mol. The van der Waals surface area contributed by atoms with Crippen LogP contribution in [0.25, 0.3) is 32.3 Å². The van der Waals surface area contributed by atoms with Gasteiger partial charge >= 0.3 is 0 Å². The second kappa shape index (κ2) is 15.0. The lowest BCUT2D eigenvalue weighted by Gasteiger charge is -2.30. The van der Waals surface area contributed by atoms with Crippen molar-refractivity contribution in [1.29, 1.82) is 0 Å². The first-order valence-corrected chi connectivity index (χ1v) is 16.4. The molecule has 4 rings (SSSR count). The summed E-state index contributed by atoms with van der Waals surface area (Å²) >= 11 is 0. The zero-order chi connectivity index (χ0) is 30.2. The third-order valence-electron chi connectivity index (χ3n) is 9.19. The Morgan fingerprint density at radius 3 is 1.76 bits per heavy atom. The van der Waals surface area contributed by atoms with Crippen LogP contribution in [0.1, 0.15) is 91.7 Å². The van der Waals surface area contributed by atoms with E-state index in [1.807, 2.05) is 0 Å². The van der Waals surface area contributed by atoms with Gasteiger partial charge in [0.25, 0.3) is 0 Å². The predicted octanol–water partition coefficient (Wildman–Crippen LogP) is 9.67. The van der Waals surface area contributed by atoms with Crippen LogP contribution in [0.15, 0.2) is 48.5 Å². The minimum absolute atomic E-state index is 0.0720. The molecule has 230 valence electrons. The molecule has 4 heteroatoms. The summed E-state index contributed by atoms with van der Waals surface area (Å²) < 4.78 is 24.2. The van der Waals surface area contributed by atoms with Crippen LogP contribution < -0.4 is 0 Å². The molecule has 0 aromatic heterocycles. The molecule has 0 aliphatic rings. The third-order valence-corrected chi connectivity index (χ3v) is 9.19. The largest absolute Gasteiger partial charge is 0.379 e. The predicted molar refractivity (Wildman–Crippen MR) is 178 cm³/mol. The van der Waals surface area contributed by atoms with E-state index in [2.05, 4.69) is 97.0 Å². The molecule has 0 N–H and O–H groups in total. The van der Waals surface area contributed by atoms with Crippen molar-refractivity contribution in [3.8, 4) is 0 Å². The van der Waals surface area contributed by atoms with Crippen LogP contribution in [-0.4, -0.2) is 50.3 Å². The Hall–Kier alpha value is -2.24. The molecule has 0 saturated heterocycles. The fraction of sp³-hybridized carbons (Fsp3) is 0.579. The summed E-state index contributed by atoms with van der Waals surface area (Å²) in [4.78, 5) is 0. The van der Waals surface area contributed by atoms with E-state index in [0.29, 0.717) is 19.8 Å². The number of hydrogen-bond donors (Lipinski definition) is 0. The third kappa shape index (κ3) is 8.23. The van der Waals surface area contributed by atoms with Crippen LogP contribution in [0.3, 0.4) is 0 Å². The molecule has 0 aliphatic heterocycles. The van der Waals surface area contributed by atoms with Crippen molar-refractivity contribution in [2.45, 2.75) is 111 Å². The molecular weight excluding hydrogens is 520 g/mol. The van der Waals surface area contributed by atoms with Crippen LogP contribution in [0, 0.1) is 0 Å². The first-order valence-electron chi connectivity index (χ1n) is 16.4. The van der Waals surface area contributed by atoms with E-state index in [4.69, 9.17) is 18.9 Å². The van der Waals surface area contributed by atoms with Crippen molar-refractivity contribution in [2.24, 2.45) is 0 Å². The maximum Gasteiger partial charge on any atom is 0.0884 e. The second-order valence-electron chi connectivity index (χ2n) is 12.8. The highest BCUT2D eigenvalue weighted by Crippen LogP contribution is 2.38. The van der Waals surface area contributed by atoms with Gasteiger partial charge in [-0.05, 0) is 116 Å². The van der Waals surface area contributed by atoms with Crippen molar-refractivity contribution >= 4 is 32.3 Å². The first-order chi connectivity index (χ1) is 20.2. The Balaban J connectivity index is 1.40. The first kappa shape index (κ1) is 32.7. The highest BCUT2D eigenvalue weighted by molar-refractivity contribution is 6.24. The summed E-state index contributed by atoms with van der Waals surface area (Å²) in [5, 5.41) is 8.19. The van der Waals surface area contributed by atoms with Gasteiger partial charge in [0.05, 0.1) is 37.1 Å². The van der Waals surface area contributed by atoms with E-state index in [9.17, 15) is 0 Å². The Kier molecular flexibility index (Phi) is 11.6. The normalized spacial score (nSPS) is 14.7. The average Bonchev–Trinajstić information content (AvgIpc) is 3.01. The fourth-order valence-electron chi connectivity index (χ4n) is 5.57. The highest BCUT2D eigenvalue weighted by Gasteiger charge is 2.24. The molecule has 0 bridgehead atoms. The summed E-state index contributed by atoms with van der Waals surface area (Å²) in [6.45, 7) is 18.5. The standard InChI is InChI=1S/C38H54O4/c1-8-28(4)40-27-38(7,10-3)42-24-12-14-30-16-18-32-19-21-33-29(13-11-23-39-25-26-41-37(5,6)9-2)15-17-31-20-22-34(30)36(32)35(31)33/h15-22,28H,8-14,23-27H2,1-7H3. The molecule has 0 heterocycles. The van der Waals surface area contributed by atoms with Crippen LogP contribution in [0.5, 0.6) is 0 Å². The van der Waals surface area contributed by atoms with Gasteiger partial charge in [-0.25, -0.2) is 0 Å². The summed E-state index contributed by atoms with van der Waals surface area (Å²) in [6.07, 6.45) is 7.26. The van der Waals surface area contributed by atoms with Gasteiger partial charge in [-0.3, -0.25) is 0 Å². The maximum atomic E-state index is 6.38. The van der Waals surface area contributed by atoms with E-state index < -0.39 is 0 Å². The van der Waals surface area contributed by atoms with Crippen molar-refractivity contribution in [2.75, 3.05) is 33.0 Å². The lowest BCUT2D eigenvalue weighted by molar-refractivity contribution is -0.104. The van der Waals surface area contributed by atoms with E-state index in [-0.39, 0.29) is 17.3 Å². The molecule has 0 radical (unpaired) electrons. The Morgan fingerprint density at radius 1 is 0.643 bits per heavy atom. The van der Waals surface area contributed by atoms with Gasteiger partial charge in [-0.1, -0.05) is 69.3 Å². The second-order valence-corrected chi connectivity index (χ2v) is 12.8. The quantitative estimate of drug-likeness (QED) is 0.0825. The lowest BCUT2D eigenvalue weighted by atomic mass is 9.88. The minimum atomic E-state index is -0.229. The minimum Gasteiger partial charge on any atom is -0.379 e. The van der Waals surface area contributed by atoms with E-state index in [1.54, 1.807) is 0 Å². The lowest BCUT2D eigenvalue weighted by Crippen LogP contribution is -2.35. The van der Waals surface area contributed by atoms with E-state index in [1.165, 1.54) is 43.4 Å². The smallest absolute Gasteiger partial charge is 0.0884 e. The molecule has 42 heavy (non-hydrogen) atoms. The molecule has 0 spiro atoms. The highest BCUT2D eigenvalue weighted by atomic mass is 16.5. The molecule has 4 nitrogen and oxygen atoms in total. The zero-order valence-electron chi connectivity index (χ0n) is 27.3. The zero-order valence-corrected chi connectivity index (χ0v) is 27.3. The molecule has 4 aromatic rings. The molecule has 0 saturated carbocycles. The van der Waals surface area contributed by atoms with Crippen molar-refractivity contribution in [3.05, 3.63) is 59.7 Å². The molecule has 2 unspecified atom stereocenters. The van der Waals surface area contributed by atoms with Crippen molar-refractivity contribution in [3.63, 3.8) is 0 Å². The molecule has 0 aliphatic carbocycles. The molecular formula is C38H54O4. The van der Waals surface area contributed by atoms with Crippen molar-refractivity contribution in [1.82, 2.24) is 0 Å². The number of hydrogen-bond acceptors (Lipinski definition) is 4. The van der Waals surface area contributed by atoms with Crippen LogP contribution >= 0.6 is 0 Å². The Morgan fingerprint density at radius 2 is 1.21 bits per heavy atom. The summed E-state index contributed by atoms with van der Waals surface area (Å²) in [6, 6.07) is 18.5. The van der Waals surface area contributed by atoms with Gasteiger partial charge in [-0.2, -0.15) is 0 Å². The van der Waals surface area contributed by atoms with E-state index in [0.717, 1.165) is 58.2 Å². The summed E-state index contributed by atoms with van der Waals surface area (Å²) in [5.41, 5.74) is 2.51. The topological polar surface area (TPSA) is 36.9 Å². The summed E-state index contributed by atoms with van der Waals surface area (Å²) in [7, 11) is 0. The van der Waals surface area contributed by atoms with Gasteiger partial charge in [0, 0.05) is 13.2 Å². The fourth-order valence-corrected chi connectivity index (χ4v) is 5.57. The number of aryl methyl sites for hydroxylation is 2. The molecule has 4 aromatic carbocycles. The monoisotopic (exact) mass is 574 g/mol. The summed E-state index contributed by atoms with van der Waals surface area (Å²) in [5.74, 6) is 0. The van der Waals surface area contributed by atoms with E-state index >= 15 is 0 Å². The number of rotatable bonds is 19. The van der Waals surface area contributed by atoms with Gasteiger partial charge in [0.2, 0.25) is 0 Å². The Labute approximate surface area is 254 Å². The van der Waals surface area contributed by atoms with Gasteiger partial charge in [0.15, 0.2) is 0 Å². The van der Waals surface area contributed by atoms with Gasteiger partial charge < -0.3 is 18.9 Å². The molecule has 2 atom stereocenters. The van der Waals surface area contributed by atoms with Gasteiger partial charge in [-0.15, -0.1) is 0 Å².